The molecule has 1 saturated heterocycles. The monoisotopic (exact) mass is 347 g/mol. The Morgan fingerprint density at radius 3 is 2.36 bits per heavy atom. The van der Waals surface area contributed by atoms with E-state index in [-0.39, 0.29) is 10.8 Å². The molecule has 0 amide bonds. The molecule has 1 aromatic carbocycles. The van der Waals surface area contributed by atoms with Crippen molar-refractivity contribution >= 4 is 27.6 Å². The number of benzene rings is 1. The highest BCUT2D eigenvalue weighted by Gasteiger charge is 2.39. The van der Waals surface area contributed by atoms with Crippen LogP contribution in [0, 0.1) is 5.92 Å². The zero-order chi connectivity index (χ0) is 16.3. The minimum Gasteiger partial charge on any atom is -0.480 e. The summed E-state index contributed by atoms with van der Waals surface area (Å²) in [5.74, 6) is -1.41. The van der Waals surface area contributed by atoms with Gasteiger partial charge in [0.2, 0.25) is 10.0 Å². The first-order valence-corrected chi connectivity index (χ1v) is 8.70. The molecule has 0 spiro atoms. The van der Waals surface area contributed by atoms with Gasteiger partial charge in [-0.3, -0.25) is 4.79 Å². The number of likely N-dealkylation sites (N-methyl/N-ethyl adjacent to an activating group) is 1. The van der Waals surface area contributed by atoms with Gasteiger partial charge in [0.05, 0.1) is 4.90 Å². The number of carboxylic acids is 1. The fourth-order valence-corrected chi connectivity index (χ4v) is 4.11. The lowest BCUT2D eigenvalue weighted by atomic mass is 9.92. The summed E-state index contributed by atoms with van der Waals surface area (Å²) in [6, 6.07) is 4.57. The highest BCUT2D eigenvalue weighted by molar-refractivity contribution is 7.89. The van der Waals surface area contributed by atoms with Gasteiger partial charge in [-0.25, -0.2) is 8.42 Å². The van der Waals surface area contributed by atoms with Crippen LogP contribution in [-0.2, 0) is 19.6 Å². The standard InChI is InChI=1S/C14H18ClNO5S/c1-16(13(14(17)18)10-6-8-21-9-7-10)22(19,20)12-4-2-11(15)3-5-12/h2-5,10,13H,6-9H2,1H3,(H,17,18). The van der Waals surface area contributed by atoms with Crippen LogP contribution in [0.5, 0.6) is 0 Å². The predicted molar refractivity (Wildman–Crippen MR) is 81.4 cm³/mol. The van der Waals surface area contributed by atoms with Crippen LogP contribution in [0.1, 0.15) is 12.8 Å². The summed E-state index contributed by atoms with van der Waals surface area (Å²) in [6.07, 6.45) is 1.05. The van der Waals surface area contributed by atoms with Crippen LogP contribution in [0.3, 0.4) is 0 Å². The van der Waals surface area contributed by atoms with Crippen LogP contribution in [0.15, 0.2) is 29.2 Å². The van der Waals surface area contributed by atoms with E-state index in [1.807, 2.05) is 0 Å². The fourth-order valence-electron chi connectivity index (χ4n) is 2.61. The van der Waals surface area contributed by atoms with Crippen molar-refractivity contribution in [1.29, 1.82) is 0 Å². The number of carbonyl (C=O) groups is 1. The van der Waals surface area contributed by atoms with Crippen molar-refractivity contribution in [3.63, 3.8) is 0 Å². The van der Waals surface area contributed by atoms with Crippen molar-refractivity contribution in [3.8, 4) is 0 Å². The average Bonchev–Trinajstić information content (AvgIpc) is 2.48. The van der Waals surface area contributed by atoms with Gasteiger partial charge in [0.25, 0.3) is 0 Å². The summed E-state index contributed by atoms with van der Waals surface area (Å²) in [5.41, 5.74) is 0. The van der Waals surface area contributed by atoms with E-state index >= 15 is 0 Å². The van der Waals surface area contributed by atoms with Crippen LogP contribution in [0.2, 0.25) is 5.02 Å². The Hall–Kier alpha value is -1.15. The molecule has 2 rings (SSSR count). The molecule has 0 aromatic heterocycles. The SMILES string of the molecule is CN(C(C(=O)O)C1CCOCC1)S(=O)(=O)c1ccc(Cl)cc1. The second-order valence-electron chi connectivity index (χ2n) is 5.21. The van der Waals surface area contributed by atoms with Crippen molar-refractivity contribution in [1.82, 2.24) is 4.31 Å². The molecule has 1 fully saturated rings. The maximum atomic E-state index is 12.6. The summed E-state index contributed by atoms with van der Waals surface area (Å²) < 4.78 is 31.4. The number of halogens is 1. The van der Waals surface area contributed by atoms with Gasteiger partial charge in [0, 0.05) is 25.3 Å². The van der Waals surface area contributed by atoms with E-state index in [0.29, 0.717) is 31.1 Å². The van der Waals surface area contributed by atoms with Crippen LogP contribution >= 0.6 is 11.6 Å². The lowest BCUT2D eigenvalue weighted by Crippen LogP contribution is -2.48. The Morgan fingerprint density at radius 1 is 1.32 bits per heavy atom. The molecule has 22 heavy (non-hydrogen) atoms. The number of hydrogen-bond donors (Lipinski definition) is 1. The van der Waals surface area contributed by atoms with E-state index in [1.54, 1.807) is 0 Å². The molecule has 1 N–H and O–H groups in total. The number of ether oxygens (including phenoxy) is 1. The molecule has 1 aromatic rings. The first-order valence-electron chi connectivity index (χ1n) is 6.88. The van der Waals surface area contributed by atoms with Gasteiger partial charge < -0.3 is 9.84 Å². The maximum absolute atomic E-state index is 12.6. The van der Waals surface area contributed by atoms with E-state index in [9.17, 15) is 18.3 Å². The zero-order valence-electron chi connectivity index (χ0n) is 12.1. The Labute approximate surface area is 134 Å². The Balaban J connectivity index is 2.30. The van der Waals surface area contributed by atoms with Crippen molar-refractivity contribution in [3.05, 3.63) is 29.3 Å². The summed E-state index contributed by atoms with van der Waals surface area (Å²) in [6.45, 7) is 0.895. The number of sulfonamides is 1. The van der Waals surface area contributed by atoms with E-state index in [4.69, 9.17) is 16.3 Å². The number of carboxylic acid groups (broad SMARTS) is 1. The molecular formula is C14H18ClNO5S. The highest BCUT2D eigenvalue weighted by Crippen LogP contribution is 2.27. The summed E-state index contributed by atoms with van der Waals surface area (Å²) in [5, 5.41) is 9.90. The van der Waals surface area contributed by atoms with Crippen molar-refractivity contribution < 1.29 is 23.1 Å². The summed E-state index contributed by atoms with van der Waals surface area (Å²) in [4.78, 5) is 11.6. The third-order valence-electron chi connectivity index (χ3n) is 3.85. The largest absolute Gasteiger partial charge is 0.480 e. The van der Waals surface area contributed by atoms with Crippen LogP contribution in [-0.4, -0.2) is 50.1 Å². The molecule has 1 atom stereocenters. The molecule has 8 heteroatoms. The Kier molecular flexibility index (Phi) is 5.44. The van der Waals surface area contributed by atoms with E-state index < -0.39 is 22.0 Å². The van der Waals surface area contributed by atoms with Crippen molar-refractivity contribution in [2.75, 3.05) is 20.3 Å². The minimum absolute atomic E-state index is 0.0257. The van der Waals surface area contributed by atoms with E-state index in [0.717, 1.165) is 4.31 Å². The molecule has 1 aliphatic rings. The van der Waals surface area contributed by atoms with Crippen LogP contribution < -0.4 is 0 Å². The third kappa shape index (κ3) is 3.60. The lowest BCUT2D eigenvalue weighted by molar-refractivity contribution is -0.144. The maximum Gasteiger partial charge on any atom is 0.322 e. The first kappa shape index (κ1) is 17.2. The molecule has 122 valence electrons. The van der Waals surface area contributed by atoms with Crippen molar-refractivity contribution in [2.45, 2.75) is 23.8 Å². The van der Waals surface area contributed by atoms with Gasteiger partial charge in [-0.2, -0.15) is 4.31 Å². The molecular weight excluding hydrogens is 330 g/mol. The van der Waals surface area contributed by atoms with Crippen LogP contribution in [0.25, 0.3) is 0 Å². The zero-order valence-corrected chi connectivity index (χ0v) is 13.7. The van der Waals surface area contributed by atoms with Gasteiger partial charge in [0.1, 0.15) is 6.04 Å². The number of nitrogens with zero attached hydrogens (tertiary/aromatic N) is 1. The molecule has 0 aliphatic carbocycles. The van der Waals surface area contributed by atoms with Gasteiger partial charge >= 0.3 is 5.97 Å². The predicted octanol–water partition coefficient (Wildman–Crippen LogP) is 1.84. The molecule has 0 saturated carbocycles. The molecule has 6 nitrogen and oxygen atoms in total. The Bertz CT molecular complexity index is 625. The van der Waals surface area contributed by atoms with Crippen LogP contribution in [0.4, 0.5) is 0 Å². The lowest BCUT2D eigenvalue weighted by Gasteiger charge is -2.33. The topological polar surface area (TPSA) is 83.9 Å². The van der Waals surface area contributed by atoms with Gasteiger partial charge in [-0.15, -0.1) is 0 Å². The molecule has 1 heterocycles. The smallest absolute Gasteiger partial charge is 0.322 e. The van der Waals surface area contributed by atoms with E-state index in [2.05, 4.69) is 0 Å². The van der Waals surface area contributed by atoms with Gasteiger partial charge in [0.15, 0.2) is 0 Å². The Morgan fingerprint density at radius 2 is 1.86 bits per heavy atom. The molecule has 1 aliphatic heterocycles. The van der Waals surface area contributed by atoms with Gasteiger partial charge in [-0.1, -0.05) is 11.6 Å². The first-order chi connectivity index (χ1) is 10.3. The number of hydrogen-bond acceptors (Lipinski definition) is 4. The average molecular weight is 348 g/mol. The quantitative estimate of drug-likeness (QED) is 0.878. The highest BCUT2D eigenvalue weighted by atomic mass is 35.5. The molecule has 0 bridgehead atoms. The molecule has 0 radical (unpaired) electrons. The number of aliphatic carboxylic acids is 1. The summed E-state index contributed by atoms with van der Waals surface area (Å²) >= 11 is 5.76. The normalized spacial score (nSPS) is 18.3. The third-order valence-corrected chi connectivity index (χ3v) is 5.95. The minimum atomic E-state index is -3.90. The second kappa shape index (κ2) is 6.95. The van der Waals surface area contributed by atoms with E-state index in [1.165, 1.54) is 31.3 Å². The summed E-state index contributed by atoms with van der Waals surface area (Å²) in [7, 11) is -2.59. The van der Waals surface area contributed by atoms with Crippen molar-refractivity contribution in [2.24, 2.45) is 5.92 Å². The molecule has 1 unspecified atom stereocenters. The second-order valence-corrected chi connectivity index (χ2v) is 7.64. The fraction of sp³-hybridized carbons (Fsp3) is 0.500. The van der Waals surface area contributed by atoms with Gasteiger partial charge in [-0.05, 0) is 43.0 Å². The number of rotatable bonds is 5.